The van der Waals surface area contributed by atoms with E-state index in [0.29, 0.717) is 5.56 Å². The fourth-order valence-electron chi connectivity index (χ4n) is 1.18. The van der Waals surface area contributed by atoms with Crippen molar-refractivity contribution < 1.29 is 14.1 Å². The van der Waals surface area contributed by atoms with E-state index in [2.05, 4.69) is 0 Å². The molecule has 0 aliphatic carbocycles. The highest BCUT2D eigenvalue weighted by atomic mass is 32.2. The fraction of sp³-hybridized carbons (Fsp3) is 0.300. The molecule has 14 heavy (non-hydrogen) atoms. The number of carbonyl (C=O) groups is 1. The topological polar surface area (TPSA) is 54.4 Å². The molecule has 0 radical (unpaired) electrons. The first-order chi connectivity index (χ1) is 6.39. The van der Waals surface area contributed by atoms with Crippen molar-refractivity contribution >= 4 is 15.9 Å². The summed E-state index contributed by atoms with van der Waals surface area (Å²) >= 11 is 0. The third kappa shape index (κ3) is 2.96. The van der Waals surface area contributed by atoms with E-state index >= 15 is 0 Å². The molecule has 0 bridgehead atoms. The number of hydrogen-bond donors (Lipinski definition) is 2. The zero-order valence-electron chi connectivity index (χ0n) is 8.23. The van der Waals surface area contributed by atoms with Gasteiger partial charge >= 0.3 is 5.97 Å². The van der Waals surface area contributed by atoms with Crippen molar-refractivity contribution in [1.82, 2.24) is 0 Å². The largest absolute Gasteiger partial charge is 0.481 e. The van der Waals surface area contributed by atoms with Crippen LogP contribution in [0, 0.1) is 0 Å². The number of aliphatic carboxylic acids is 1. The lowest BCUT2D eigenvalue weighted by Crippen LogP contribution is -2.07. The van der Waals surface area contributed by atoms with Crippen molar-refractivity contribution in [2.75, 3.05) is 12.5 Å². The zero-order chi connectivity index (χ0) is 10.8. The van der Waals surface area contributed by atoms with Gasteiger partial charge in [0.15, 0.2) is 0 Å². The van der Waals surface area contributed by atoms with E-state index in [1.807, 2.05) is 0 Å². The summed E-state index contributed by atoms with van der Waals surface area (Å²) in [6.07, 6.45) is 3.33. The van der Waals surface area contributed by atoms with Crippen molar-refractivity contribution in [1.29, 1.82) is 0 Å². The monoisotopic (exact) mass is 214 g/mol. The van der Waals surface area contributed by atoms with Crippen molar-refractivity contribution in [3.63, 3.8) is 0 Å². The smallest absolute Gasteiger partial charge is 0.307 e. The minimum absolute atomic E-state index is 0.0200. The highest BCUT2D eigenvalue weighted by Crippen LogP contribution is 2.15. The van der Waals surface area contributed by atoms with E-state index in [-0.39, 0.29) is 6.42 Å². The summed E-state index contributed by atoms with van der Waals surface area (Å²) in [5.74, 6) is -0.871. The molecule has 1 aromatic rings. The third-order valence-electron chi connectivity index (χ3n) is 1.89. The Hall–Kier alpha value is -1.16. The molecule has 0 heterocycles. The molecule has 0 saturated carbocycles. The van der Waals surface area contributed by atoms with Crippen LogP contribution in [0.5, 0.6) is 0 Å². The summed E-state index contributed by atoms with van der Waals surface area (Å²) in [5.41, 5.74) is 0.693. The maximum atomic E-state index is 11.7. The van der Waals surface area contributed by atoms with Crippen molar-refractivity contribution in [3.8, 4) is 0 Å². The first-order valence-corrected chi connectivity index (χ1v) is 6.86. The first kappa shape index (κ1) is 10.9. The van der Waals surface area contributed by atoms with Gasteiger partial charge in [-0.3, -0.25) is 9.00 Å². The van der Waals surface area contributed by atoms with Gasteiger partial charge in [0.25, 0.3) is 0 Å². The second-order valence-corrected chi connectivity index (χ2v) is 6.81. The molecule has 1 N–H and O–H groups in total. The van der Waals surface area contributed by atoms with Crippen LogP contribution in [0.3, 0.4) is 0 Å². The predicted octanol–water partition coefficient (Wildman–Crippen LogP) is 0.949. The summed E-state index contributed by atoms with van der Waals surface area (Å²) < 4.78 is 11.7. The van der Waals surface area contributed by atoms with Gasteiger partial charge in [-0.1, -0.05) is 22.1 Å². The van der Waals surface area contributed by atoms with Gasteiger partial charge < -0.3 is 5.11 Å². The SMILES string of the molecule is C[SH](C)(=O)c1cccc(CC(=O)O)c1. The van der Waals surface area contributed by atoms with Crippen LogP contribution in [-0.2, 0) is 21.1 Å². The summed E-state index contributed by atoms with van der Waals surface area (Å²) in [5, 5.41) is 8.59. The van der Waals surface area contributed by atoms with Gasteiger partial charge in [0, 0.05) is 4.90 Å². The minimum Gasteiger partial charge on any atom is -0.481 e. The van der Waals surface area contributed by atoms with Crippen LogP contribution in [-0.4, -0.2) is 27.8 Å². The van der Waals surface area contributed by atoms with E-state index in [1.165, 1.54) is 0 Å². The quantitative estimate of drug-likeness (QED) is 0.737. The highest BCUT2D eigenvalue weighted by Gasteiger charge is 2.07. The Kier molecular flexibility index (Phi) is 3.06. The molecule has 0 atom stereocenters. The molecule has 0 unspecified atom stereocenters. The number of rotatable bonds is 3. The van der Waals surface area contributed by atoms with E-state index in [4.69, 9.17) is 5.11 Å². The van der Waals surface area contributed by atoms with Crippen LogP contribution in [0.2, 0.25) is 0 Å². The van der Waals surface area contributed by atoms with Crippen LogP contribution in [0.15, 0.2) is 29.2 Å². The van der Waals surface area contributed by atoms with Crippen molar-refractivity contribution in [3.05, 3.63) is 29.8 Å². The Morgan fingerprint density at radius 3 is 2.57 bits per heavy atom. The maximum absolute atomic E-state index is 11.7. The van der Waals surface area contributed by atoms with Crippen LogP contribution < -0.4 is 0 Å². The lowest BCUT2D eigenvalue weighted by molar-refractivity contribution is -0.136. The number of hydrogen-bond acceptors (Lipinski definition) is 2. The van der Waals surface area contributed by atoms with Gasteiger partial charge in [-0.25, -0.2) is 0 Å². The molecule has 1 aromatic carbocycles. The molecule has 0 aliphatic rings. The maximum Gasteiger partial charge on any atom is 0.307 e. The van der Waals surface area contributed by atoms with Gasteiger partial charge in [0.1, 0.15) is 0 Å². The van der Waals surface area contributed by atoms with Crippen molar-refractivity contribution in [2.45, 2.75) is 11.3 Å². The molecular formula is C10H14O3S. The molecule has 3 nitrogen and oxygen atoms in total. The lowest BCUT2D eigenvalue weighted by Gasteiger charge is -2.12. The van der Waals surface area contributed by atoms with E-state index in [0.717, 1.165) is 4.90 Å². The summed E-state index contributed by atoms with van der Waals surface area (Å²) in [4.78, 5) is 11.2. The zero-order valence-corrected chi connectivity index (χ0v) is 9.12. The Morgan fingerprint density at radius 2 is 2.07 bits per heavy atom. The van der Waals surface area contributed by atoms with Crippen LogP contribution in [0.4, 0.5) is 0 Å². The van der Waals surface area contributed by atoms with Crippen LogP contribution in [0.25, 0.3) is 0 Å². The second kappa shape index (κ2) is 3.92. The number of carboxylic acid groups (broad SMARTS) is 1. The van der Waals surface area contributed by atoms with Gasteiger partial charge in [-0.2, -0.15) is 0 Å². The second-order valence-electron chi connectivity index (χ2n) is 3.59. The summed E-state index contributed by atoms with van der Waals surface area (Å²) in [6, 6.07) is 6.95. The van der Waals surface area contributed by atoms with Crippen LogP contribution >= 0.6 is 0 Å². The molecule has 0 amide bonds. The third-order valence-corrected chi connectivity index (χ3v) is 3.41. The van der Waals surface area contributed by atoms with Gasteiger partial charge in [-0.05, 0) is 30.2 Å². The number of benzene rings is 1. The molecule has 0 fully saturated rings. The predicted molar refractivity (Wildman–Crippen MR) is 57.4 cm³/mol. The van der Waals surface area contributed by atoms with Gasteiger partial charge in [-0.15, -0.1) is 0 Å². The molecule has 0 spiro atoms. The molecule has 0 saturated heterocycles. The number of thiol groups is 1. The normalized spacial score (nSPS) is 12.4. The molecule has 0 aliphatic heterocycles. The fourth-order valence-corrected chi connectivity index (χ4v) is 2.10. The molecule has 4 heteroatoms. The van der Waals surface area contributed by atoms with E-state index in [9.17, 15) is 9.00 Å². The first-order valence-electron chi connectivity index (χ1n) is 4.26. The molecular weight excluding hydrogens is 200 g/mol. The van der Waals surface area contributed by atoms with E-state index in [1.54, 1.807) is 36.8 Å². The van der Waals surface area contributed by atoms with Gasteiger partial charge in [0.2, 0.25) is 0 Å². The Balaban J connectivity index is 3.02. The minimum atomic E-state index is -2.28. The van der Waals surface area contributed by atoms with E-state index < -0.39 is 15.9 Å². The Bertz CT molecular complexity index is 392. The number of carboxylic acids is 1. The molecule has 0 aromatic heterocycles. The van der Waals surface area contributed by atoms with Gasteiger partial charge in [0.05, 0.1) is 6.42 Å². The molecule has 78 valence electrons. The average Bonchev–Trinajstić information content (AvgIpc) is 2.01. The highest BCUT2D eigenvalue weighted by molar-refractivity contribution is 8.01. The summed E-state index contributed by atoms with van der Waals surface area (Å²) in [7, 11) is -2.28. The van der Waals surface area contributed by atoms with Crippen molar-refractivity contribution in [2.24, 2.45) is 0 Å². The Morgan fingerprint density at radius 1 is 1.43 bits per heavy atom. The average molecular weight is 214 g/mol. The summed E-state index contributed by atoms with van der Waals surface area (Å²) in [6.45, 7) is 0. The molecule has 1 rings (SSSR count). The standard InChI is InChI=1S/C10H14O3S/c1-14(2,13)9-5-3-4-8(6-9)7-10(11)12/h3-6,14H,7H2,1-2H3,(H,11,12). The Labute approximate surface area is 84.2 Å². The lowest BCUT2D eigenvalue weighted by atomic mass is 10.2. The van der Waals surface area contributed by atoms with Crippen LogP contribution in [0.1, 0.15) is 5.56 Å².